The number of pyridine rings is 2. The maximum absolute atomic E-state index is 12.7. The van der Waals surface area contributed by atoms with Crippen molar-refractivity contribution in [2.45, 2.75) is 33.2 Å². The van der Waals surface area contributed by atoms with E-state index < -0.39 is 11.5 Å². The Morgan fingerprint density at radius 2 is 1.79 bits per heavy atom. The Bertz CT molecular complexity index is 1300. The molecule has 2 aromatic heterocycles. The molecule has 0 fully saturated rings. The number of amides is 2. The van der Waals surface area contributed by atoms with Gasteiger partial charge in [0, 0.05) is 47.9 Å². The molecule has 0 atom stereocenters. The fourth-order valence-corrected chi connectivity index (χ4v) is 3.94. The van der Waals surface area contributed by atoms with Crippen LogP contribution in [0.1, 0.15) is 62.6 Å². The number of aromatic amines is 1. The Morgan fingerprint density at radius 1 is 1.03 bits per heavy atom. The number of rotatable bonds is 5. The van der Waals surface area contributed by atoms with E-state index in [1.165, 1.54) is 18.5 Å². The van der Waals surface area contributed by atoms with Gasteiger partial charge in [0.05, 0.1) is 0 Å². The number of anilines is 1. The quantitative estimate of drug-likeness (QED) is 0.558. The van der Waals surface area contributed by atoms with Gasteiger partial charge in [-0.15, -0.1) is 0 Å². The topological polar surface area (TPSA) is 121 Å². The van der Waals surface area contributed by atoms with Crippen molar-refractivity contribution >= 4 is 23.3 Å². The van der Waals surface area contributed by atoms with E-state index in [2.05, 4.69) is 20.6 Å². The zero-order chi connectivity index (χ0) is 23.6. The molecule has 8 nitrogen and oxygen atoms in total. The summed E-state index contributed by atoms with van der Waals surface area (Å²) in [6.07, 6.45) is 4.02. The van der Waals surface area contributed by atoms with Crippen LogP contribution in [0.2, 0.25) is 0 Å². The molecule has 168 valence electrons. The minimum absolute atomic E-state index is 0.0795. The summed E-state index contributed by atoms with van der Waals surface area (Å²) >= 11 is 0. The van der Waals surface area contributed by atoms with Crippen LogP contribution in [0, 0.1) is 5.41 Å². The molecule has 3 N–H and O–H groups in total. The number of carbonyl (C=O) groups excluding carboxylic acids is 3. The zero-order valence-electron chi connectivity index (χ0n) is 18.4. The van der Waals surface area contributed by atoms with E-state index in [1.807, 2.05) is 13.8 Å². The van der Waals surface area contributed by atoms with Crippen LogP contribution in [0.15, 0.2) is 59.7 Å². The molecule has 4 rings (SSSR count). The van der Waals surface area contributed by atoms with E-state index in [-0.39, 0.29) is 29.2 Å². The first kappa shape index (κ1) is 22.1. The summed E-state index contributed by atoms with van der Waals surface area (Å²) in [6, 6.07) is 11.7. The smallest absolute Gasteiger partial charge is 0.261 e. The first-order valence-corrected chi connectivity index (χ1v) is 10.6. The van der Waals surface area contributed by atoms with Gasteiger partial charge in [-0.25, -0.2) is 0 Å². The number of hydrogen-bond acceptors (Lipinski definition) is 5. The highest BCUT2D eigenvalue weighted by molar-refractivity contribution is 6.04. The Kier molecular flexibility index (Phi) is 5.91. The number of nitrogens with zero attached hydrogens (tertiary/aromatic N) is 1. The molecule has 1 aromatic carbocycles. The summed E-state index contributed by atoms with van der Waals surface area (Å²) in [4.78, 5) is 56.6. The van der Waals surface area contributed by atoms with E-state index in [0.29, 0.717) is 35.3 Å². The highest BCUT2D eigenvalue weighted by atomic mass is 16.2. The van der Waals surface area contributed by atoms with E-state index in [4.69, 9.17) is 0 Å². The molecule has 0 saturated heterocycles. The lowest BCUT2D eigenvalue weighted by Gasteiger charge is -2.29. The summed E-state index contributed by atoms with van der Waals surface area (Å²) in [5.41, 5.74) is 1.93. The van der Waals surface area contributed by atoms with Gasteiger partial charge in [-0.2, -0.15) is 0 Å². The molecule has 0 aliphatic heterocycles. The third-order valence-electron chi connectivity index (χ3n) is 5.54. The molecular weight excluding hydrogens is 420 g/mol. The van der Waals surface area contributed by atoms with Crippen molar-refractivity contribution in [3.8, 4) is 0 Å². The van der Waals surface area contributed by atoms with Gasteiger partial charge >= 0.3 is 0 Å². The Balaban J connectivity index is 1.45. The highest BCUT2D eigenvalue weighted by Gasteiger charge is 2.32. The lowest BCUT2D eigenvalue weighted by atomic mass is 9.75. The minimum Gasteiger partial charge on any atom is -0.348 e. The maximum Gasteiger partial charge on any atom is 0.261 e. The average molecular weight is 444 g/mol. The Hall–Kier alpha value is -4.07. The predicted molar refractivity (Wildman–Crippen MR) is 123 cm³/mol. The number of ketones is 1. The van der Waals surface area contributed by atoms with Crippen molar-refractivity contribution in [3.63, 3.8) is 0 Å². The van der Waals surface area contributed by atoms with Gasteiger partial charge in [-0.05, 0) is 47.7 Å². The highest BCUT2D eigenvalue weighted by Crippen LogP contribution is 2.33. The maximum atomic E-state index is 12.7. The minimum atomic E-state index is -0.567. The number of Topliss-reactive ketones (excluding diaryl/α,β-unsaturated/α-hetero) is 1. The molecule has 0 radical (unpaired) electrons. The lowest BCUT2D eigenvalue weighted by molar-refractivity contribution is 0.0909. The van der Waals surface area contributed by atoms with Crippen LogP contribution in [0.3, 0.4) is 0 Å². The Labute approximate surface area is 190 Å². The Morgan fingerprint density at radius 3 is 2.55 bits per heavy atom. The largest absolute Gasteiger partial charge is 0.348 e. The molecule has 0 bridgehead atoms. The predicted octanol–water partition coefficient (Wildman–Crippen LogP) is 3.11. The van der Waals surface area contributed by atoms with Crippen molar-refractivity contribution < 1.29 is 14.4 Å². The van der Waals surface area contributed by atoms with E-state index in [1.54, 1.807) is 36.4 Å². The molecule has 8 heteroatoms. The summed E-state index contributed by atoms with van der Waals surface area (Å²) in [5, 5.41) is 5.52. The number of aromatic nitrogens is 2. The monoisotopic (exact) mass is 444 g/mol. The number of H-pyrrole nitrogens is 1. The van der Waals surface area contributed by atoms with Crippen LogP contribution < -0.4 is 16.2 Å². The van der Waals surface area contributed by atoms with Crippen molar-refractivity contribution in [1.29, 1.82) is 0 Å². The number of hydrogen-bond donors (Lipinski definition) is 3. The molecule has 2 heterocycles. The summed E-state index contributed by atoms with van der Waals surface area (Å²) in [7, 11) is 0. The number of nitrogens with one attached hydrogen (secondary N) is 3. The van der Waals surface area contributed by atoms with Crippen LogP contribution in [0.4, 0.5) is 5.69 Å². The van der Waals surface area contributed by atoms with Gasteiger partial charge in [0.1, 0.15) is 5.56 Å². The molecule has 2 amide bonds. The second kappa shape index (κ2) is 8.82. The second-order valence-electron chi connectivity index (χ2n) is 8.92. The zero-order valence-corrected chi connectivity index (χ0v) is 18.4. The van der Waals surface area contributed by atoms with E-state index in [0.717, 1.165) is 5.56 Å². The summed E-state index contributed by atoms with van der Waals surface area (Å²) < 4.78 is 0. The van der Waals surface area contributed by atoms with Gasteiger partial charge in [0.25, 0.3) is 17.4 Å². The third-order valence-corrected chi connectivity index (χ3v) is 5.54. The number of fused-ring (bicyclic) bond motifs is 1. The molecular formula is C25H24N4O4. The van der Waals surface area contributed by atoms with Crippen molar-refractivity contribution in [2.75, 3.05) is 5.32 Å². The van der Waals surface area contributed by atoms with Crippen LogP contribution in [0.5, 0.6) is 0 Å². The average Bonchev–Trinajstić information content (AvgIpc) is 2.77. The first-order chi connectivity index (χ1) is 15.7. The molecule has 3 aromatic rings. The number of carbonyl (C=O) groups is 3. The van der Waals surface area contributed by atoms with Crippen LogP contribution in [0.25, 0.3) is 0 Å². The molecule has 1 aliphatic rings. The molecule has 33 heavy (non-hydrogen) atoms. The summed E-state index contributed by atoms with van der Waals surface area (Å²) in [6.45, 7) is 4.09. The van der Waals surface area contributed by atoms with Crippen molar-refractivity contribution in [2.24, 2.45) is 5.41 Å². The fraction of sp³-hybridized carbons (Fsp3) is 0.240. The van der Waals surface area contributed by atoms with Gasteiger partial charge in [-0.3, -0.25) is 24.2 Å². The van der Waals surface area contributed by atoms with Crippen LogP contribution in [-0.4, -0.2) is 27.6 Å². The second-order valence-corrected chi connectivity index (χ2v) is 8.92. The standard InChI is InChI=1S/C25H24N4O4/c1-25(2)12-20-18(21(30)13-25)11-19(24(33)29-20)23(32)27-14-15-4-3-5-17(10-15)28-22(31)16-6-8-26-9-7-16/h3-11H,12-14H2,1-2H3,(H,27,32)(H,28,31)(H,29,33). The first-order valence-electron chi connectivity index (χ1n) is 10.6. The molecule has 0 unspecified atom stereocenters. The SMILES string of the molecule is CC1(C)CC(=O)c2cc(C(=O)NCc3cccc(NC(=O)c4ccncc4)c3)c(=O)[nH]c2C1. The van der Waals surface area contributed by atoms with Gasteiger partial charge in [0.15, 0.2) is 5.78 Å². The van der Waals surface area contributed by atoms with E-state index >= 15 is 0 Å². The summed E-state index contributed by atoms with van der Waals surface area (Å²) in [5.74, 6) is -0.917. The van der Waals surface area contributed by atoms with Crippen LogP contribution >= 0.6 is 0 Å². The number of benzene rings is 1. The fourth-order valence-electron chi connectivity index (χ4n) is 3.94. The van der Waals surface area contributed by atoms with Gasteiger partial charge in [0.2, 0.25) is 0 Å². The normalized spacial score (nSPS) is 14.3. The van der Waals surface area contributed by atoms with Crippen molar-refractivity contribution in [1.82, 2.24) is 15.3 Å². The van der Waals surface area contributed by atoms with Crippen LogP contribution in [-0.2, 0) is 13.0 Å². The molecule has 0 saturated carbocycles. The lowest BCUT2D eigenvalue weighted by Crippen LogP contribution is -2.34. The van der Waals surface area contributed by atoms with Gasteiger partial charge in [-0.1, -0.05) is 26.0 Å². The van der Waals surface area contributed by atoms with Gasteiger partial charge < -0.3 is 15.6 Å². The molecule has 1 aliphatic carbocycles. The molecule has 0 spiro atoms. The van der Waals surface area contributed by atoms with E-state index in [9.17, 15) is 19.2 Å². The third kappa shape index (κ3) is 5.06. The van der Waals surface area contributed by atoms with Crippen molar-refractivity contribution in [3.05, 3.63) is 93.2 Å².